The van der Waals surface area contributed by atoms with Gasteiger partial charge in [-0.15, -0.1) is 0 Å². The van der Waals surface area contributed by atoms with E-state index in [0.717, 1.165) is 23.5 Å². The van der Waals surface area contributed by atoms with Crippen molar-refractivity contribution in [2.75, 3.05) is 9.80 Å². The minimum absolute atomic E-state index is 0.0975. The first kappa shape index (κ1) is 31.1. The molecule has 0 heterocycles. The van der Waals surface area contributed by atoms with Gasteiger partial charge in [0.1, 0.15) is 0 Å². The van der Waals surface area contributed by atoms with Crippen LogP contribution >= 0.6 is 0 Å². The molecule has 0 saturated heterocycles. The summed E-state index contributed by atoms with van der Waals surface area (Å²) in [6.45, 7) is 17.8. The molecule has 0 radical (unpaired) electrons. The quantitative estimate of drug-likeness (QED) is 0.171. The van der Waals surface area contributed by atoms with Gasteiger partial charge in [0.2, 0.25) is 0 Å². The number of aryl methyl sites for hydroxylation is 4. The number of unbranched alkanes of at least 4 members (excludes halogenated alkanes) is 1. The van der Waals surface area contributed by atoms with Crippen molar-refractivity contribution >= 4 is 34.1 Å². The van der Waals surface area contributed by atoms with Gasteiger partial charge in [-0.05, 0) is 129 Å². The van der Waals surface area contributed by atoms with E-state index >= 15 is 0 Å². The van der Waals surface area contributed by atoms with Gasteiger partial charge in [0.15, 0.2) is 0 Å². The third kappa shape index (κ3) is 6.91. The molecule has 5 aromatic rings. The molecule has 226 valence electrons. The lowest BCUT2D eigenvalue weighted by Gasteiger charge is -2.33. The summed E-state index contributed by atoms with van der Waals surface area (Å²) in [6.07, 6.45) is 3.54. The first-order valence-electron chi connectivity index (χ1n) is 16.1. The molecule has 0 aliphatic rings. The van der Waals surface area contributed by atoms with Gasteiger partial charge in [-0.25, -0.2) is 0 Å². The molecular formula is C42H48N2. The third-order valence-electron chi connectivity index (χ3n) is 8.57. The predicted octanol–water partition coefficient (Wildman–Crippen LogP) is 12.5. The van der Waals surface area contributed by atoms with Gasteiger partial charge >= 0.3 is 0 Å². The fraction of sp³-hybridized carbons (Fsp3) is 0.286. The van der Waals surface area contributed by atoms with Crippen molar-refractivity contribution in [2.45, 2.75) is 80.1 Å². The van der Waals surface area contributed by atoms with E-state index in [1.807, 2.05) is 0 Å². The molecule has 0 unspecified atom stereocenters. The van der Waals surface area contributed by atoms with Crippen LogP contribution in [0.5, 0.6) is 0 Å². The van der Waals surface area contributed by atoms with E-state index < -0.39 is 0 Å². The van der Waals surface area contributed by atoms with E-state index in [1.165, 1.54) is 63.3 Å². The van der Waals surface area contributed by atoms with Crippen molar-refractivity contribution in [1.82, 2.24) is 0 Å². The average molecular weight is 581 g/mol. The summed E-state index contributed by atoms with van der Waals surface area (Å²) >= 11 is 0. The fourth-order valence-electron chi connectivity index (χ4n) is 5.83. The molecule has 0 aliphatic heterocycles. The zero-order valence-electron chi connectivity index (χ0n) is 27.9. The van der Waals surface area contributed by atoms with E-state index in [9.17, 15) is 0 Å². The highest BCUT2D eigenvalue weighted by Crippen LogP contribution is 2.44. The first-order valence-corrected chi connectivity index (χ1v) is 16.1. The van der Waals surface area contributed by atoms with Crippen LogP contribution in [0, 0.1) is 27.7 Å². The molecule has 0 fully saturated rings. The van der Waals surface area contributed by atoms with Gasteiger partial charge in [-0.2, -0.15) is 0 Å². The Morgan fingerprint density at radius 1 is 0.500 bits per heavy atom. The maximum absolute atomic E-state index is 2.42. The fourth-order valence-corrected chi connectivity index (χ4v) is 5.83. The smallest absolute Gasteiger partial charge is 0.0514 e. The SMILES string of the molecule is CCCCc1ccc(N(c2ccc(C)cc2)c2cc(C)cc(N(c3ccc(C)cc3)c3ccc(C(C)(C)C)cc3)c2C)cc1. The molecule has 2 nitrogen and oxygen atoms in total. The number of anilines is 6. The lowest BCUT2D eigenvalue weighted by molar-refractivity contribution is 0.590. The second-order valence-corrected chi connectivity index (χ2v) is 13.3. The minimum atomic E-state index is 0.0975. The molecule has 0 saturated carbocycles. The van der Waals surface area contributed by atoms with E-state index in [1.54, 1.807) is 0 Å². The van der Waals surface area contributed by atoms with Crippen LogP contribution in [-0.4, -0.2) is 0 Å². The number of benzene rings is 5. The zero-order chi connectivity index (χ0) is 31.4. The zero-order valence-corrected chi connectivity index (χ0v) is 27.9. The van der Waals surface area contributed by atoms with Crippen molar-refractivity contribution in [2.24, 2.45) is 0 Å². The van der Waals surface area contributed by atoms with Crippen LogP contribution in [0.25, 0.3) is 0 Å². The Hall–Kier alpha value is -4.30. The van der Waals surface area contributed by atoms with Gasteiger partial charge in [0, 0.05) is 22.7 Å². The Morgan fingerprint density at radius 2 is 0.886 bits per heavy atom. The van der Waals surface area contributed by atoms with Crippen LogP contribution in [0.3, 0.4) is 0 Å². The van der Waals surface area contributed by atoms with Crippen molar-refractivity contribution in [3.63, 3.8) is 0 Å². The number of hydrogen-bond acceptors (Lipinski definition) is 2. The van der Waals surface area contributed by atoms with Crippen LogP contribution < -0.4 is 9.80 Å². The molecule has 0 aliphatic carbocycles. The summed E-state index contributed by atoms with van der Waals surface area (Å²) in [5.41, 5.74) is 14.8. The van der Waals surface area contributed by atoms with E-state index in [0.29, 0.717) is 0 Å². The Morgan fingerprint density at radius 3 is 1.27 bits per heavy atom. The molecule has 0 bridgehead atoms. The van der Waals surface area contributed by atoms with Gasteiger partial charge in [0.05, 0.1) is 11.4 Å². The number of hydrogen-bond donors (Lipinski definition) is 0. The van der Waals surface area contributed by atoms with Gasteiger partial charge < -0.3 is 9.80 Å². The molecule has 0 N–H and O–H groups in total. The summed E-state index contributed by atoms with van der Waals surface area (Å²) in [4.78, 5) is 4.84. The van der Waals surface area contributed by atoms with Crippen LogP contribution in [-0.2, 0) is 11.8 Å². The Balaban J connectivity index is 1.69. The molecule has 5 aromatic carbocycles. The van der Waals surface area contributed by atoms with Gasteiger partial charge in [-0.3, -0.25) is 0 Å². The highest BCUT2D eigenvalue weighted by molar-refractivity contribution is 5.87. The largest absolute Gasteiger partial charge is 0.310 e. The molecule has 0 atom stereocenters. The molecule has 0 aromatic heterocycles. The Kier molecular flexibility index (Phi) is 9.30. The topological polar surface area (TPSA) is 6.48 Å². The normalized spacial score (nSPS) is 11.5. The molecule has 0 spiro atoms. The van der Waals surface area contributed by atoms with Gasteiger partial charge in [0.25, 0.3) is 0 Å². The second-order valence-electron chi connectivity index (χ2n) is 13.3. The molecular weight excluding hydrogens is 532 g/mol. The van der Waals surface area contributed by atoms with Crippen LogP contribution in [0.4, 0.5) is 34.1 Å². The summed E-state index contributed by atoms with van der Waals surface area (Å²) in [5, 5.41) is 0. The van der Waals surface area contributed by atoms with Crippen molar-refractivity contribution in [3.05, 3.63) is 143 Å². The molecule has 44 heavy (non-hydrogen) atoms. The van der Waals surface area contributed by atoms with Crippen LogP contribution in [0.2, 0.25) is 0 Å². The van der Waals surface area contributed by atoms with Crippen molar-refractivity contribution in [1.29, 1.82) is 0 Å². The highest BCUT2D eigenvalue weighted by Gasteiger charge is 2.22. The number of nitrogens with zero attached hydrogens (tertiary/aromatic N) is 2. The maximum Gasteiger partial charge on any atom is 0.0514 e. The molecule has 2 heteroatoms. The highest BCUT2D eigenvalue weighted by atomic mass is 15.2. The first-order chi connectivity index (χ1) is 21.0. The average Bonchev–Trinajstić information content (AvgIpc) is 3.01. The number of rotatable bonds is 9. The monoisotopic (exact) mass is 580 g/mol. The lowest BCUT2D eigenvalue weighted by atomic mass is 9.87. The van der Waals surface area contributed by atoms with E-state index in [4.69, 9.17) is 0 Å². The standard InChI is InChI=1S/C42H48N2/c1-9-10-11-34-16-24-38(25-17-34)43(36-20-12-30(2)13-21-36)40-28-32(4)29-41(33(40)5)44(37-22-14-31(3)15-23-37)39-26-18-35(19-27-39)42(6,7)8/h12-29H,9-11H2,1-8H3. The van der Waals surface area contributed by atoms with E-state index in [2.05, 4.69) is 174 Å². The minimum Gasteiger partial charge on any atom is -0.310 e. The van der Waals surface area contributed by atoms with Gasteiger partial charge in [-0.1, -0.05) is 93.8 Å². The Bertz CT molecular complexity index is 1670. The summed E-state index contributed by atoms with van der Waals surface area (Å²) in [6, 6.07) is 40.7. The predicted molar refractivity (Wildman–Crippen MR) is 192 cm³/mol. The summed E-state index contributed by atoms with van der Waals surface area (Å²) < 4.78 is 0. The maximum atomic E-state index is 2.42. The van der Waals surface area contributed by atoms with Crippen molar-refractivity contribution < 1.29 is 0 Å². The van der Waals surface area contributed by atoms with Crippen LogP contribution in [0.1, 0.15) is 73.9 Å². The summed E-state index contributed by atoms with van der Waals surface area (Å²) in [7, 11) is 0. The molecule has 5 rings (SSSR count). The third-order valence-corrected chi connectivity index (χ3v) is 8.57. The van der Waals surface area contributed by atoms with Crippen molar-refractivity contribution in [3.8, 4) is 0 Å². The second kappa shape index (κ2) is 13.1. The molecule has 0 amide bonds. The lowest BCUT2D eigenvalue weighted by Crippen LogP contribution is -2.17. The van der Waals surface area contributed by atoms with E-state index in [-0.39, 0.29) is 5.41 Å². The van der Waals surface area contributed by atoms with Crippen LogP contribution in [0.15, 0.2) is 109 Å². The summed E-state index contributed by atoms with van der Waals surface area (Å²) in [5.74, 6) is 0. The Labute approximate surface area is 266 Å².